The summed E-state index contributed by atoms with van der Waals surface area (Å²) in [7, 11) is -1.85. The smallest absolute Gasteiger partial charge is 0.312 e. The van der Waals surface area contributed by atoms with Crippen LogP contribution in [0.25, 0.3) is 22.8 Å². The summed E-state index contributed by atoms with van der Waals surface area (Å²) in [5.74, 6) is -0.153. The maximum atomic E-state index is 13.0. The fourth-order valence-electron chi connectivity index (χ4n) is 2.79. The van der Waals surface area contributed by atoms with Gasteiger partial charge in [0.15, 0.2) is 15.5 Å². The van der Waals surface area contributed by atoms with Crippen molar-refractivity contribution in [2.24, 2.45) is 7.05 Å². The van der Waals surface area contributed by atoms with Gasteiger partial charge in [-0.3, -0.25) is 0 Å². The fraction of sp³-hybridized carbons (Fsp3) is 0.263. The number of fused-ring (bicyclic) bond motifs is 1. The van der Waals surface area contributed by atoms with E-state index >= 15 is 0 Å². The van der Waals surface area contributed by atoms with Gasteiger partial charge in [0, 0.05) is 29.6 Å². The van der Waals surface area contributed by atoms with Gasteiger partial charge in [-0.2, -0.15) is 13.2 Å². The van der Waals surface area contributed by atoms with Crippen molar-refractivity contribution in [1.29, 1.82) is 0 Å². The summed E-state index contributed by atoms with van der Waals surface area (Å²) >= 11 is 5.89. The summed E-state index contributed by atoms with van der Waals surface area (Å²) in [4.78, 5) is 8.13. The lowest BCUT2D eigenvalue weighted by atomic mass is 10.1. The van der Waals surface area contributed by atoms with Gasteiger partial charge in [0.25, 0.3) is 0 Å². The summed E-state index contributed by atoms with van der Waals surface area (Å²) in [6.45, 7) is 1.53. The van der Waals surface area contributed by atoms with E-state index in [1.165, 1.54) is 11.5 Å². The molecule has 5 nitrogen and oxygen atoms in total. The lowest BCUT2D eigenvalue weighted by Crippen LogP contribution is -2.12. The van der Waals surface area contributed by atoms with Crippen LogP contribution in [0.2, 0.25) is 5.02 Å². The minimum absolute atomic E-state index is 0.0354. The molecule has 0 aliphatic heterocycles. The second-order valence-corrected chi connectivity index (χ2v) is 9.25. The maximum Gasteiger partial charge on any atom is 0.417 e. The van der Waals surface area contributed by atoms with E-state index in [4.69, 9.17) is 11.6 Å². The van der Waals surface area contributed by atoms with Crippen molar-refractivity contribution in [2.75, 3.05) is 11.5 Å². The molecule has 0 atom stereocenters. The van der Waals surface area contributed by atoms with Gasteiger partial charge in [-0.25, -0.2) is 18.4 Å². The van der Waals surface area contributed by atoms with Gasteiger partial charge in [0.1, 0.15) is 11.3 Å². The number of rotatable bonds is 5. The highest BCUT2D eigenvalue weighted by atomic mass is 35.5. The molecule has 0 unspecified atom stereocenters. The first-order valence-electron chi connectivity index (χ1n) is 8.57. The highest BCUT2D eigenvalue weighted by molar-refractivity contribution is 7.91. The van der Waals surface area contributed by atoms with Crippen LogP contribution in [0.3, 0.4) is 0 Å². The molecule has 0 saturated heterocycles. The third-order valence-corrected chi connectivity index (χ3v) is 6.23. The fourth-order valence-corrected chi connectivity index (χ4v) is 3.80. The number of imidazole rings is 1. The number of pyridine rings is 1. The highest BCUT2D eigenvalue weighted by Crippen LogP contribution is 2.31. The molecule has 0 aliphatic rings. The third-order valence-electron chi connectivity index (χ3n) is 4.35. The van der Waals surface area contributed by atoms with Crippen molar-refractivity contribution in [3.63, 3.8) is 0 Å². The molecule has 0 aliphatic carbocycles. The Kier molecular flexibility index (Phi) is 5.73. The Hall–Kier alpha value is -2.39. The highest BCUT2D eigenvalue weighted by Gasteiger charge is 2.32. The first-order chi connectivity index (χ1) is 13.5. The lowest BCUT2D eigenvalue weighted by molar-refractivity contribution is -0.137. The molecule has 3 aromatic rings. The van der Waals surface area contributed by atoms with E-state index in [2.05, 4.69) is 9.97 Å². The SMILES string of the molecule is CCS(=O)(=O)C/C(=C\c1ccc(Cl)cc1)c1nc2cc(C(F)(F)F)cnc2n1C. The van der Waals surface area contributed by atoms with Crippen LogP contribution in [-0.2, 0) is 23.1 Å². The topological polar surface area (TPSA) is 64.8 Å². The number of alkyl halides is 3. The Labute approximate surface area is 170 Å². The van der Waals surface area contributed by atoms with Gasteiger partial charge in [0.05, 0.1) is 11.3 Å². The van der Waals surface area contributed by atoms with Gasteiger partial charge in [0.2, 0.25) is 0 Å². The number of aromatic nitrogens is 3. The molecule has 0 spiro atoms. The molecule has 2 heterocycles. The molecule has 29 heavy (non-hydrogen) atoms. The molecule has 0 radical (unpaired) electrons. The largest absolute Gasteiger partial charge is 0.417 e. The number of benzene rings is 1. The first-order valence-corrected chi connectivity index (χ1v) is 10.8. The summed E-state index contributed by atoms with van der Waals surface area (Å²) < 4.78 is 65.0. The summed E-state index contributed by atoms with van der Waals surface area (Å²) in [5.41, 5.74) is 0.381. The standard InChI is InChI=1S/C19H17ClF3N3O2S/c1-3-29(27,28)11-13(8-12-4-6-15(20)7-5-12)17-25-16-9-14(19(21,22)23)10-24-18(16)26(17)2/h4-10H,3,11H2,1-2H3/b13-8+. The van der Waals surface area contributed by atoms with Crippen LogP contribution < -0.4 is 0 Å². The van der Waals surface area contributed by atoms with Gasteiger partial charge in [-0.1, -0.05) is 30.7 Å². The lowest BCUT2D eigenvalue weighted by Gasteiger charge is -2.09. The third kappa shape index (κ3) is 4.79. The zero-order valence-electron chi connectivity index (χ0n) is 15.5. The molecule has 2 aromatic heterocycles. The molecule has 0 bridgehead atoms. The van der Waals surface area contributed by atoms with Gasteiger partial charge in [-0.15, -0.1) is 0 Å². The van der Waals surface area contributed by atoms with E-state index in [1.54, 1.807) is 37.4 Å². The van der Waals surface area contributed by atoms with Crippen molar-refractivity contribution in [2.45, 2.75) is 13.1 Å². The van der Waals surface area contributed by atoms with Crippen LogP contribution in [0, 0.1) is 0 Å². The van der Waals surface area contributed by atoms with Gasteiger partial charge >= 0.3 is 6.18 Å². The Balaban J connectivity index is 2.17. The molecular formula is C19H17ClF3N3O2S. The monoisotopic (exact) mass is 443 g/mol. The first kappa shape index (κ1) is 21.3. The second kappa shape index (κ2) is 7.79. The van der Waals surface area contributed by atoms with E-state index in [1.807, 2.05) is 0 Å². The molecular weight excluding hydrogens is 427 g/mol. The molecule has 0 N–H and O–H groups in total. The Morgan fingerprint density at radius 2 is 1.90 bits per heavy atom. The molecule has 0 fully saturated rings. The second-order valence-electron chi connectivity index (χ2n) is 6.46. The summed E-state index contributed by atoms with van der Waals surface area (Å²) in [6, 6.07) is 7.64. The average molecular weight is 444 g/mol. The van der Waals surface area contributed by atoms with Crippen molar-refractivity contribution < 1.29 is 21.6 Å². The molecule has 0 amide bonds. The van der Waals surface area contributed by atoms with Gasteiger partial charge in [-0.05, 0) is 29.8 Å². The maximum absolute atomic E-state index is 13.0. The van der Waals surface area contributed by atoms with E-state index in [0.29, 0.717) is 16.2 Å². The number of hydrogen-bond donors (Lipinski definition) is 0. The average Bonchev–Trinajstić information content (AvgIpc) is 2.98. The predicted molar refractivity (Wildman–Crippen MR) is 107 cm³/mol. The molecule has 3 rings (SSSR count). The Bertz CT molecular complexity index is 1180. The van der Waals surface area contributed by atoms with Crippen molar-refractivity contribution in [1.82, 2.24) is 14.5 Å². The van der Waals surface area contributed by atoms with Crippen LogP contribution in [0.4, 0.5) is 13.2 Å². The number of aryl methyl sites for hydroxylation is 1. The van der Waals surface area contributed by atoms with Gasteiger partial charge < -0.3 is 4.57 Å². The van der Waals surface area contributed by atoms with Crippen LogP contribution in [0.5, 0.6) is 0 Å². The minimum atomic E-state index is -4.55. The van der Waals surface area contributed by atoms with E-state index < -0.39 is 21.6 Å². The van der Waals surface area contributed by atoms with E-state index in [0.717, 1.165) is 12.3 Å². The summed E-state index contributed by atoms with van der Waals surface area (Å²) in [5, 5.41) is 0.525. The Morgan fingerprint density at radius 1 is 1.24 bits per heavy atom. The minimum Gasteiger partial charge on any atom is -0.312 e. The molecule has 10 heteroatoms. The zero-order valence-corrected chi connectivity index (χ0v) is 17.1. The van der Waals surface area contributed by atoms with Crippen LogP contribution in [0.15, 0.2) is 36.5 Å². The van der Waals surface area contributed by atoms with Crippen LogP contribution in [-0.4, -0.2) is 34.5 Å². The Morgan fingerprint density at radius 3 is 2.48 bits per heavy atom. The zero-order chi connectivity index (χ0) is 21.4. The number of hydrogen-bond acceptors (Lipinski definition) is 4. The number of nitrogens with zero attached hydrogens (tertiary/aromatic N) is 3. The quantitative estimate of drug-likeness (QED) is 0.577. The van der Waals surface area contributed by atoms with E-state index in [-0.39, 0.29) is 28.5 Å². The number of sulfone groups is 1. The normalized spacial score (nSPS) is 13.2. The predicted octanol–water partition coefficient (Wildman–Crippen LogP) is 4.62. The molecule has 0 saturated carbocycles. The van der Waals surface area contributed by atoms with Crippen LogP contribution in [0.1, 0.15) is 23.9 Å². The summed E-state index contributed by atoms with van der Waals surface area (Å²) in [6.07, 6.45) is -2.18. The van der Waals surface area contributed by atoms with Crippen molar-refractivity contribution in [3.05, 3.63) is 58.5 Å². The van der Waals surface area contributed by atoms with Crippen LogP contribution >= 0.6 is 11.6 Å². The van der Waals surface area contributed by atoms with Crippen molar-refractivity contribution in [3.8, 4) is 0 Å². The molecule has 1 aromatic carbocycles. The molecule has 154 valence electrons. The van der Waals surface area contributed by atoms with E-state index in [9.17, 15) is 21.6 Å². The van der Waals surface area contributed by atoms with Crippen molar-refractivity contribution >= 4 is 44.3 Å². The number of halogens is 4.